The number of esters is 1. The van der Waals surface area contributed by atoms with Crippen LogP contribution in [0.3, 0.4) is 0 Å². The van der Waals surface area contributed by atoms with E-state index in [1.54, 1.807) is 22.9 Å². The van der Waals surface area contributed by atoms with Gasteiger partial charge in [0.25, 0.3) is 0 Å². The van der Waals surface area contributed by atoms with Crippen molar-refractivity contribution in [3.05, 3.63) is 58.7 Å². The molecule has 0 bridgehead atoms. The first-order valence-corrected chi connectivity index (χ1v) is 12.5. The van der Waals surface area contributed by atoms with E-state index in [-0.39, 0.29) is 24.5 Å². The van der Waals surface area contributed by atoms with Crippen molar-refractivity contribution in [2.75, 3.05) is 38.2 Å². The maximum absolute atomic E-state index is 13.4. The highest BCUT2D eigenvalue weighted by Gasteiger charge is 2.32. The van der Waals surface area contributed by atoms with Crippen molar-refractivity contribution in [3.8, 4) is 0 Å². The van der Waals surface area contributed by atoms with E-state index in [1.807, 2.05) is 4.90 Å². The fraction of sp³-hybridized carbons (Fsp3) is 0.318. The Bertz CT molecular complexity index is 1320. The van der Waals surface area contributed by atoms with E-state index in [0.717, 1.165) is 17.5 Å². The van der Waals surface area contributed by atoms with Gasteiger partial charge in [0.1, 0.15) is 6.54 Å². The highest BCUT2D eigenvalue weighted by Crippen LogP contribution is 2.33. The molecular weight excluding hydrogens is 539 g/mol. The first-order valence-electron chi connectivity index (χ1n) is 10.3. The topological polar surface area (TPSA) is 71.8 Å². The molecule has 4 rings (SSSR count). The van der Waals surface area contributed by atoms with Crippen molar-refractivity contribution < 1.29 is 31.1 Å². The summed E-state index contributed by atoms with van der Waals surface area (Å²) < 4.78 is 73.3. The number of hydrogen-bond acceptors (Lipinski definition) is 5. The van der Waals surface area contributed by atoms with E-state index in [4.69, 9.17) is 4.74 Å². The van der Waals surface area contributed by atoms with Gasteiger partial charge in [0.2, 0.25) is 10.0 Å². The zero-order chi connectivity index (χ0) is 24.7. The van der Waals surface area contributed by atoms with E-state index in [9.17, 15) is 26.4 Å². The Hall–Kier alpha value is -2.57. The molecule has 7 nitrogen and oxygen atoms in total. The number of methoxy groups -OCH3 is 1. The van der Waals surface area contributed by atoms with Crippen LogP contribution in [0.2, 0.25) is 0 Å². The smallest absolute Gasteiger partial charge is 0.416 e. The first-order chi connectivity index (χ1) is 16.0. The quantitative estimate of drug-likeness (QED) is 0.440. The number of aromatic nitrogens is 1. The van der Waals surface area contributed by atoms with Gasteiger partial charge in [-0.3, -0.25) is 4.79 Å². The average molecular weight is 560 g/mol. The van der Waals surface area contributed by atoms with Gasteiger partial charge in [0.15, 0.2) is 0 Å². The van der Waals surface area contributed by atoms with Crippen LogP contribution >= 0.6 is 15.9 Å². The van der Waals surface area contributed by atoms with Crippen LogP contribution < -0.4 is 4.90 Å². The van der Waals surface area contributed by atoms with Crippen LogP contribution in [0.5, 0.6) is 0 Å². The maximum Gasteiger partial charge on any atom is 0.416 e. The van der Waals surface area contributed by atoms with Crippen LogP contribution in [-0.2, 0) is 32.3 Å². The molecule has 2 heterocycles. The molecule has 0 N–H and O–H groups in total. The second-order valence-electron chi connectivity index (χ2n) is 7.80. The van der Waals surface area contributed by atoms with E-state index < -0.39 is 27.7 Å². The Balaban J connectivity index is 1.53. The van der Waals surface area contributed by atoms with Crippen LogP contribution in [0.15, 0.2) is 58.0 Å². The number of sulfonamides is 1. The fourth-order valence-corrected chi connectivity index (χ4v) is 6.38. The van der Waals surface area contributed by atoms with Crippen molar-refractivity contribution in [1.82, 2.24) is 8.87 Å². The number of anilines is 1. The Morgan fingerprint density at radius 1 is 1.06 bits per heavy atom. The van der Waals surface area contributed by atoms with E-state index in [1.165, 1.54) is 29.6 Å². The number of fused-ring (bicyclic) bond motifs is 1. The van der Waals surface area contributed by atoms with Crippen molar-refractivity contribution in [1.29, 1.82) is 0 Å². The highest BCUT2D eigenvalue weighted by atomic mass is 79.9. The van der Waals surface area contributed by atoms with E-state index in [0.29, 0.717) is 28.8 Å². The molecule has 0 saturated carbocycles. The molecule has 12 heteroatoms. The SMILES string of the molecule is COC(=O)Cn1ccc2cc(Br)c(S(=O)(=O)N3CCN(c4ccc(C(F)(F)F)cc4)CC3)cc21. The average Bonchev–Trinajstić information content (AvgIpc) is 3.19. The van der Waals surface area contributed by atoms with Gasteiger partial charge in [-0.2, -0.15) is 17.5 Å². The van der Waals surface area contributed by atoms with E-state index in [2.05, 4.69) is 15.9 Å². The van der Waals surface area contributed by atoms with Gasteiger partial charge in [0.05, 0.1) is 17.6 Å². The monoisotopic (exact) mass is 559 g/mol. The largest absolute Gasteiger partial charge is 0.468 e. The Morgan fingerprint density at radius 2 is 1.71 bits per heavy atom. The molecule has 1 aliphatic rings. The van der Waals surface area contributed by atoms with Gasteiger partial charge >= 0.3 is 12.1 Å². The summed E-state index contributed by atoms with van der Waals surface area (Å²) in [5, 5.41) is 0.766. The molecule has 3 aromatic rings. The van der Waals surface area contributed by atoms with Crippen molar-refractivity contribution >= 4 is 48.5 Å². The molecule has 0 spiro atoms. The predicted molar refractivity (Wildman–Crippen MR) is 124 cm³/mol. The summed E-state index contributed by atoms with van der Waals surface area (Å²) >= 11 is 3.36. The molecule has 1 fully saturated rings. The molecule has 0 atom stereocenters. The maximum atomic E-state index is 13.4. The molecule has 1 aliphatic heterocycles. The van der Waals surface area contributed by atoms with Gasteiger partial charge in [-0.15, -0.1) is 0 Å². The number of piperazine rings is 1. The molecule has 182 valence electrons. The summed E-state index contributed by atoms with van der Waals surface area (Å²) in [6.45, 7) is 0.979. The van der Waals surface area contributed by atoms with Crippen LogP contribution in [0.4, 0.5) is 18.9 Å². The standard InChI is InChI=1S/C22H21BrF3N3O4S/c1-33-21(30)14-28-7-6-15-12-18(23)20(13-19(15)28)34(31,32)29-10-8-27(9-11-29)17-4-2-16(3-5-17)22(24,25)26/h2-7,12-13H,8-11,14H2,1H3. The zero-order valence-corrected chi connectivity index (χ0v) is 20.5. The second-order valence-corrected chi connectivity index (χ2v) is 10.6. The van der Waals surface area contributed by atoms with Crippen molar-refractivity contribution in [3.63, 3.8) is 0 Å². The number of carbonyl (C=O) groups is 1. The number of rotatable bonds is 5. The van der Waals surface area contributed by atoms with Crippen LogP contribution in [0, 0.1) is 0 Å². The number of nitrogens with zero attached hydrogens (tertiary/aromatic N) is 3. The fourth-order valence-electron chi connectivity index (χ4n) is 3.92. The molecular formula is C22H21BrF3N3O4S. The number of halogens is 4. The lowest BCUT2D eigenvalue weighted by molar-refractivity contribution is -0.141. The lowest BCUT2D eigenvalue weighted by Gasteiger charge is -2.35. The third kappa shape index (κ3) is 4.80. The Morgan fingerprint density at radius 3 is 2.29 bits per heavy atom. The van der Waals surface area contributed by atoms with Crippen LogP contribution in [0.25, 0.3) is 10.9 Å². The van der Waals surface area contributed by atoms with Gasteiger partial charge in [-0.05, 0) is 58.4 Å². The number of hydrogen-bond donors (Lipinski definition) is 0. The molecule has 2 aromatic carbocycles. The van der Waals surface area contributed by atoms with Gasteiger partial charge in [0, 0.05) is 53.4 Å². The predicted octanol–water partition coefficient (Wildman–Crippen LogP) is 4.11. The van der Waals surface area contributed by atoms with Crippen molar-refractivity contribution in [2.24, 2.45) is 0 Å². The molecule has 1 aromatic heterocycles. The van der Waals surface area contributed by atoms with Gasteiger partial charge < -0.3 is 14.2 Å². The minimum absolute atomic E-state index is 0.0487. The lowest BCUT2D eigenvalue weighted by atomic mass is 10.2. The summed E-state index contributed by atoms with van der Waals surface area (Å²) in [6.07, 6.45) is -2.72. The Kier molecular flexibility index (Phi) is 6.67. The summed E-state index contributed by atoms with van der Waals surface area (Å²) in [5.41, 5.74) is 0.457. The third-order valence-electron chi connectivity index (χ3n) is 5.77. The number of ether oxygens (including phenoxy) is 1. The number of alkyl halides is 3. The second kappa shape index (κ2) is 9.23. The molecule has 0 radical (unpaired) electrons. The minimum Gasteiger partial charge on any atom is -0.468 e. The highest BCUT2D eigenvalue weighted by molar-refractivity contribution is 9.10. The number of benzene rings is 2. The number of carbonyl (C=O) groups excluding carboxylic acids is 1. The van der Waals surface area contributed by atoms with Gasteiger partial charge in [-0.25, -0.2) is 8.42 Å². The minimum atomic E-state index is -4.41. The van der Waals surface area contributed by atoms with Gasteiger partial charge in [-0.1, -0.05) is 0 Å². The molecule has 0 unspecified atom stereocenters. The molecule has 0 aliphatic carbocycles. The first kappa shape index (κ1) is 24.6. The summed E-state index contributed by atoms with van der Waals surface area (Å²) in [4.78, 5) is 13.6. The molecule has 1 saturated heterocycles. The normalized spacial score (nSPS) is 15.6. The van der Waals surface area contributed by atoms with Crippen LogP contribution in [-0.4, -0.2) is 56.5 Å². The van der Waals surface area contributed by atoms with E-state index >= 15 is 0 Å². The summed E-state index contributed by atoms with van der Waals surface area (Å²) in [5.74, 6) is -0.454. The third-order valence-corrected chi connectivity index (χ3v) is 8.63. The van der Waals surface area contributed by atoms with Crippen molar-refractivity contribution in [2.45, 2.75) is 17.6 Å². The molecule has 0 amide bonds. The molecule has 34 heavy (non-hydrogen) atoms. The summed E-state index contributed by atoms with van der Waals surface area (Å²) in [6, 6.07) is 9.83. The zero-order valence-electron chi connectivity index (χ0n) is 18.0. The Labute approximate surface area is 202 Å². The summed E-state index contributed by atoms with van der Waals surface area (Å²) in [7, 11) is -2.58. The van der Waals surface area contributed by atoms with Crippen LogP contribution in [0.1, 0.15) is 5.56 Å². The lowest BCUT2D eigenvalue weighted by Crippen LogP contribution is -2.48.